The highest BCUT2D eigenvalue weighted by molar-refractivity contribution is 7.04. The maximum absolute atomic E-state index is 2.57. The van der Waals surface area contributed by atoms with Crippen LogP contribution in [0.15, 0.2) is 115 Å². The summed E-state index contributed by atoms with van der Waals surface area (Å²) in [5, 5.41) is 8.45. The predicted molar refractivity (Wildman–Crippen MR) is 173 cm³/mol. The molecule has 0 spiro atoms. The summed E-state index contributed by atoms with van der Waals surface area (Å²) in [4.78, 5) is 0. The molecule has 0 unspecified atom stereocenters. The summed E-state index contributed by atoms with van der Waals surface area (Å²) in [6, 6.07) is 43.5. The van der Waals surface area contributed by atoms with E-state index in [1.165, 1.54) is 60.5 Å². The van der Waals surface area contributed by atoms with Gasteiger partial charge in [-0.3, -0.25) is 0 Å². The van der Waals surface area contributed by atoms with Gasteiger partial charge in [-0.1, -0.05) is 143 Å². The van der Waals surface area contributed by atoms with E-state index in [1.807, 2.05) is 0 Å². The lowest BCUT2D eigenvalue weighted by Crippen LogP contribution is -2.49. The van der Waals surface area contributed by atoms with Crippen molar-refractivity contribution in [3.8, 4) is 33.4 Å². The number of rotatable bonds is 2. The molecule has 0 saturated carbocycles. The van der Waals surface area contributed by atoms with Crippen LogP contribution in [-0.2, 0) is 5.41 Å². The molecule has 1 heteroatoms. The molecule has 39 heavy (non-hydrogen) atoms. The first-order valence-corrected chi connectivity index (χ1v) is 17.0. The van der Waals surface area contributed by atoms with E-state index in [1.54, 1.807) is 10.4 Å². The molecule has 0 aliphatic carbocycles. The van der Waals surface area contributed by atoms with Crippen molar-refractivity contribution in [1.29, 1.82) is 0 Å². The molecular weight excluding hydrogens is 485 g/mol. The van der Waals surface area contributed by atoms with Crippen molar-refractivity contribution < 1.29 is 0 Å². The maximum atomic E-state index is 2.57. The van der Waals surface area contributed by atoms with Crippen molar-refractivity contribution >= 4 is 40.0 Å². The summed E-state index contributed by atoms with van der Waals surface area (Å²) in [5.74, 6) is 0. The molecule has 0 N–H and O–H groups in total. The van der Waals surface area contributed by atoms with Gasteiger partial charge < -0.3 is 0 Å². The van der Waals surface area contributed by atoms with E-state index in [4.69, 9.17) is 0 Å². The molecule has 0 nitrogen and oxygen atoms in total. The van der Waals surface area contributed by atoms with Crippen LogP contribution in [0.4, 0.5) is 0 Å². The molecule has 6 aromatic rings. The van der Waals surface area contributed by atoms with E-state index in [0.29, 0.717) is 0 Å². The van der Waals surface area contributed by atoms with E-state index in [0.717, 1.165) is 0 Å². The van der Waals surface area contributed by atoms with Gasteiger partial charge in [0, 0.05) is 0 Å². The summed E-state index contributed by atoms with van der Waals surface area (Å²) in [6.07, 6.45) is 0. The van der Waals surface area contributed by atoms with Crippen molar-refractivity contribution in [3.05, 3.63) is 121 Å². The molecule has 0 atom stereocenters. The number of fused-ring (bicyclic) bond motifs is 5. The van der Waals surface area contributed by atoms with Gasteiger partial charge in [-0.25, -0.2) is 0 Å². The molecule has 0 aromatic heterocycles. The fourth-order valence-electron chi connectivity index (χ4n) is 6.73. The zero-order valence-electron chi connectivity index (χ0n) is 23.5. The Hall–Kier alpha value is -3.94. The van der Waals surface area contributed by atoms with Crippen LogP contribution in [0.5, 0.6) is 0 Å². The zero-order valence-corrected chi connectivity index (χ0v) is 24.5. The minimum absolute atomic E-state index is 0.126. The van der Waals surface area contributed by atoms with Crippen LogP contribution in [0.1, 0.15) is 26.3 Å². The molecule has 0 fully saturated rings. The molecule has 7 rings (SSSR count). The van der Waals surface area contributed by atoms with Crippen LogP contribution < -0.4 is 10.4 Å². The summed E-state index contributed by atoms with van der Waals surface area (Å²) in [5.41, 5.74) is 9.59. The van der Waals surface area contributed by atoms with Gasteiger partial charge in [-0.15, -0.1) is 0 Å². The van der Waals surface area contributed by atoms with Crippen LogP contribution in [0.3, 0.4) is 0 Å². The highest BCUT2D eigenvalue weighted by atomic mass is 28.3. The molecule has 190 valence electrons. The van der Waals surface area contributed by atoms with Gasteiger partial charge in [-0.05, 0) is 82.3 Å². The van der Waals surface area contributed by atoms with Crippen LogP contribution in [-0.4, -0.2) is 8.07 Å². The molecule has 0 saturated heterocycles. The zero-order chi connectivity index (χ0) is 26.9. The van der Waals surface area contributed by atoms with Crippen LogP contribution in [0.2, 0.25) is 13.1 Å². The molecule has 1 aliphatic rings. The van der Waals surface area contributed by atoms with Gasteiger partial charge in [0.25, 0.3) is 0 Å². The van der Waals surface area contributed by atoms with Gasteiger partial charge in [0.15, 0.2) is 0 Å². The Balaban J connectivity index is 1.65. The lowest BCUT2D eigenvalue weighted by molar-refractivity contribution is 0.590. The van der Waals surface area contributed by atoms with E-state index < -0.39 is 8.07 Å². The Bertz CT molecular complexity index is 1880. The summed E-state index contributed by atoms with van der Waals surface area (Å²) >= 11 is 0. The Kier molecular flexibility index (Phi) is 5.28. The fraction of sp³-hybridized carbons (Fsp3) is 0.158. The summed E-state index contributed by atoms with van der Waals surface area (Å²) in [6.45, 7) is 11.9. The van der Waals surface area contributed by atoms with Crippen molar-refractivity contribution in [2.75, 3.05) is 0 Å². The predicted octanol–water partition coefficient (Wildman–Crippen LogP) is 9.43. The van der Waals surface area contributed by atoms with Crippen molar-refractivity contribution in [3.63, 3.8) is 0 Å². The molecule has 1 aliphatic heterocycles. The Labute approximate surface area is 233 Å². The van der Waals surface area contributed by atoms with Crippen LogP contribution in [0.25, 0.3) is 54.9 Å². The number of hydrogen-bond acceptors (Lipinski definition) is 0. The first-order chi connectivity index (χ1) is 18.7. The summed E-state index contributed by atoms with van der Waals surface area (Å²) in [7, 11) is -1.82. The van der Waals surface area contributed by atoms with Gasteiger partial charge in [0.2, 0.25) is 0 Å². The minimum atomic E-state index is -1.82. The van der Waals surface area contributed by atoms with E-state index in [-0.39, 0.29) is 5.41 Å². The molecule has 6 aromatic carbocycles. The second-order valence-electron chi connectivity index (χ2n) is 12.6. The Morgan fingerprint density at radius 3 is 1.64 bits per heavy atom. The van der Waals surface area contributed by atoms with E-state index >= 15 is 0 Å². The fourth-order valence-corrected chi connectivity index (χ4v) is 9.81. The number of hydrogen-bond donors (Lipinski definition) is 0. The van der Waals surface area contributed by atoms with Crippen LogP contribution >= 0.6 is 0 Å². The SMILES string of the molecule is CC(C)(C)c1ccc(-c2c3ccccc3c(-c3ccccc3)c3cc4c(cc23)-c2ccccc2[Si]4(C)C)cc1. The highest BCUT2D eigenvalue weighted by Crippen LogP contribution is 2.45. The molecule has 1 heterocycles. The molecule has 0 radical (unpaired) electrons. The van der Waals surface area contributed by atoms with Gasteiger partial charge in [0.1, 0.15) is 8.07 Å². The number of benzene rings is 6. The van der Waals surface area contributed by atoms with Crippen molar-refractivity contribution in [1.82, 2.24) is 0 Å². The van der Waals surface area contributed by atoms with Gasteiger partial charge in [0.05, 0.1) is 0 Å². The quantitative estimate of drug-likeness (QED) is 0.158. The average molecular weight is 519 g/mol. The molecule has 0 bridgehead atoms. The van der Waals surface area contributed by atoms with Gasteiger partial charge in [-0.2, -0.15) is 0 Å². The topological polar surface area (TPSA) is 0 Å². The summed E-state index contributed by atoms with van der Waals surface area (Å²) < 4.78 is 0. The Morgan fingerprint density at radius 1 is 0.462 bits per heavy atom. The third kappa shape index (κ3) is 3.64. The third-order valence-corrected chi connectivity index (χ3v) is 12.4. The van der Waals surface area contributed by atoms with E-state index in [2.05, 4.69) is 149 Å². The average Bonchev–Trinajstić information content (AvgIpc) is 3.17. The van der Waals surface area contributed by atoms with Crippen LogP contribution in [0, 0.1) is 0 Å². The standard InChI is InChI=1S/C38H34Si/c1-38(2,3)27-21-19-26(20-22-27)37-30-17-10-9-16-29(30)36(25-13-7-6-8-14-25)33-24-35-31(23-32(33)37)28-15-11-12-18-34(28)39(35,4)5/h6-24H,1-5H3. The molecular formula is C38H34Si. The van der Waals surface area contributed by atoms with Gasteiger partial charge >= 0.3 is 0 Å². The molecule has 0 amide bonds. The maximum Gasteiger partial charge on any atom is 0.113 e. The normalized spacial score (nSPS) is 14.0. The lowest BCUT2D eigenvalue weighted by atomic mass is 9.83. The highest BCUT2D eigenvalue weighted by Gasteiger charge is 2.38. The Morgan fingerprint density at radius 2 is 1.00 bits per heavy atom. The second-order valence-corrected chi connectivity index (χ2v) is 16.9. The van der Waals surface area contributed by atoms with Crippen molar-refractivity contribution in [2.24, 2.45) is 0 Å². The van der Waals surface area contributed by atoms with E-state index in [9.17, 15) is 0 Å². The smallest absolute Gasteiger partial charge is 0.0623 e. The monoisotopic (exact) mass is 518 g/mol. The second kappa shape index (κ2) is 8.53. The largest absolute Gasteiger partial charge is 0.113 e. The minimum Gasteiger partial charge on any atom is -0.0623 e. The first-order valence-electron chi connectivity index (χ1n) is 14.0. The lowest BCUT2D eigenvalue weighted by Gasteiger charge is -2.23. The van der Waals surface area contributed by atoms with Crippen molar-refractivity contribution in [2.45, 2.75) is 39.3 Å². The first kappa shape index (κ1) is 24.1. The third-order valence-electron chi connectivity index (χ3n) is 8.83.